The Bertz CT molecular complexity index is 1530. The highest BCUT2D eigenvalue weighted by Crippen LogP contribution is 2.54. The molecular formula is C29H32ClF3N2O7S. The van der Waals surface area contributed by atoms with Crippen LogP contribution in [0.1, 0.15) is 49.4 Å². The summed E-state index contributed by atoms with van der Waals surface area (Å²) in [5, 5.41) is 35.1. The summed E-state index contributed by atoms with van der Waals surface area (Å²) in [6.07, 6.45) is -1.05. The summed E-state index contributed by atoms with van der Waals surface area (Å²) in [6.45, 7) is 1.82. The molecule has 0 spiro atoms. The van der Waals surface area contributed by atoms with Gasteiger partial charge in [0.1, 0.15) is 0 Å². The number of sulfone groups is 1. The Labute approximate surface area is 251 Å². The standard InChI is InChI=1S/C29H32ClF3N2O7S/c1-13-4-16-8-18(11-19(13)29(16,40)12-34-27(38)15-5-23(36)24(37)6-15)43(41,42)25-7-14(2-3-20(25)30)28(39)35-17-9-21(31)26(33)22(32)10-17/h2-3,7,9-10,13,15-16,18-19,23-24,36-37,40H,4-6,8,11-12H2,1H3,(H,34,38)(H,35,39)/t13-,15?,16?,18+,19?,23?,24?,29+/m0/s1. The number of hydrogen-bond donors (Lipinski definition) is 5. The van der Waals surface area contributed by atoms with E-state index in [2.05, 4.69) is 10.6 Å². The minimum absolute atomic E-state index is 0.0497. The Morgan fingerprint density at radius 2 is 1.63 bits per heavy atom. The number of carbonyl (C=O) groups excluding carboxylic acids is 2. The number of carbonyl (C=O) groups is 2. The lowest BCUT2D eigenvalue weighted by molar-refractivity contribution is -0.128. The number of fused-ring (bicyclic) bond motifs is 2. The normalized spacial score (nSPS) is 32.0. The summed E-state index contributed by atoms with van der Waals surface area (Å²) >= 11 is 6.28. The predicted molar refractivity (Wildman–Crippen MR) is 149 cm³/mol. The maximum Gasteiger partial charge on any atom is 0.255 e. The third-order valence-corrected chi connectivity index (χ3v) is 12.0. The van der Waals surface area contributed by atoms with Crippen LogP contribution in [0, 0.1) is 41.1 Å². The lowest BCUT2D eigenvalue weighted by atomic mass is 9.73. The summed E-state index contributed by atoms with van der Waals surface area (Å²) in [4.78, 5) is 25.2. The second-order valence-electron chi connectivity index (χ2n) is 12.0. The van der Waals surface area contributed by atoms with Crippen molar-refractivity contribution in [3.63, 3.8) is 0 Å². The van der Waals surface area contributed by atoms with Gasteiger partial charge in [-0.3, -0.25) is 9.59 Å². The van der Waals surface area contributed by atoms with E-state index in [-0.39, 0.29) is 65.2 Å². The summed E-state index contributed by atoms with van der Waals surface area (Å²) in [5.74, 6) is -7.58. The molecule has 3 saturated carbocycles. The van der Waals surface area contributed by atoms with E-state index < -0.39 is 74.0 Å². The zero-order valence-corrected chi connectivity index (χ0v) is 24.6. The van der Waals surface area contributed by atoms with Gasteiger partial charge in [-0.15, -0.1) is 0 Å². The second-order valence-corrected chi connectivity index (χ2v) is 14.6. The van der Waals surface area contributed by atoms with Crippen LogP contribution in [0.25, 0.3) is 0 Å². The van der Waals surface area contributed by atoms with E-state index in [1.165, 1.54) is 12.1 Å². The molecule has 3 aliphatic rings. The van der Waals surface area contributed by atoms with Crippen LogP contribution in [-0.2, 0) is 14.6 Å². The van der Waals surface area contributed by atoms with Gasteiger partial charge in [0.15, 0.2) is 27.3 Å². The van der Waals surface area contributed by atoms with Gasteiger partial charge in [-0.2, -0.15) is 0 Å². The number of hydrogen-bond acceptors (Lipinski definition) is 7. The number of nitrogens with one attached hydrogen (secondary N) is 2. The van der Waals surface area contributed by atoms with Gasteiger partial charge in [0.05, 0.1) is 33.0 Å². The van der Waals surface area contributed by atoms with Gasteiger partial charge in [-0.25, -0.2) is 21.6 Å². The topological polar surface area (TPSA) is 153 Å². The highest BCUT2D eigenvalue weighted by atomic mass is 35.5. The average molecular weight is 645 g/mol. The van der Waals surface area contributed by atoms with Gasteiger partial charge >= 0.3 is 0 Å². The van der Waals surface area contributed by atoms with E-state index in [0.29, 0.717) is 18.6 Å². The molecule has 234 valence electrons. The molecule has 9 nitrogen and oxygen atoms in total. The molecule has 0 aliphatic heterocycles. The van der Waals surface area contributed by atoms with Crippen molar-refractivity contribution in [3.8, 4) is 0 Å². The Morgan fingerprint density at radius 3 is 2.23 bits per heavy atom. The molecule has 0 aromatic heterocycles. The van der Waals surface area contributed by atoms with Crippen molar-refractivity contribution in [3.05, 3.63) is 58.4 Å². The SMILES string of the molecule is C[C@H]1CC2C[C@@H](S(=O)(=O)c3cc(C(=O)Nc4cc(F)c(F)c(F)c4)ccc3Cl)CC1[C@@]2(O)CNC(=O)C1CC(O)C(O)C1. The lowest BCUT2D eigenvalue weighted by Crippen LogP contribution is -2.55. The molecule has 7 atom stereocenters. The minimum atomic E-state index is -4.13. The molecule has 2 bridgehead atoms. The maximum absolute atomic E-state index is 13.9. The van der Waals surface area contributed by atoms with Crippen LogP contribution in [0.4, 0.5) is 18.9 Å². The Morgan fingerprint density at radius 1 is 1.00 bits per heavy atom. The molecule has 2 aromatic carbocycles. The van der Waals surface area contributed by atoms with Crippen LogP contribution < -0.4 is 10.6 Å². The highest BCUT2D eigenvalue weighted by molar-refractivity contribution is 7.92. The van der Waals surface area contributed by atoms with Crippen LogP contribution in [0.15, 0.2) is 35.2 Å². The first-order valence-electron chi connectivity index (χ1n) is 14.0. The fourth-order valence-electron chi connectivity index (χ4n) is 7.03. The van der Waals surface area contributed by atoms with E-state index in [9.17, 15) is 46.5 Å². The van der Waals surface area contributed by atoms with E-state index in [1.807, 2.05) is 6.92 Å². The summed E-state index contributed by atoms with van der Waals surface area (Å²) in [5.41, 5.74) is -1.89. The highest BCUT2D eigenvalue weighted by Gasteiger charge is 2.58. The Kier molecular flexibility index (Phi) is 8.60. The summed E-state index contributed by atoms with van der Waals surface area (Å²) in [6, 6.07) is 4.71. The maximum atomic E-state index is 13.9. The van der Waals surface area contributed by atoms with Crippen LogP contribution in [-0.4, -0.2) is 65.2 Å². The van der Waals surface area contributed by atoms with Gasteiger partial charge in [0, 0.05) is 35.8 Å². The molecule has 43 heavy (non-hydrogen) atoms. The van der Waals surface area contributed by atoms with Crippen molar-refractivity contribution in [2.45, 2.75) is 67.0 Å². The minimum Gasteiger partial charge on any atom is -0.390 e. The molecule has 0 heterocycles. The van der Waals surface area contributed by atoms with E-state index in [4.69, 9.17) is 11.6 Å². The van der Waals surface area contributed by atoms with Crippen molar-refractivity contribution < 1.29 is 46.5 Å². The van der Waals surface area contributed by atoms with Crippen molar-refractivity contribution in [2.24, 2.45) is 23.7 Å². The number of halogens is 4. The van der Waals surface area contributed by atoms with Crippen LogP contribution in [0.2, 0.25) is 5.02 Å². The van der Waals surface area contributed by atoms with Gasteiger partial charge in [-0.05, 0) is 68.1 Å². The molecule has 5 rings (SSSR count). The second kappa shape index (κ2) is 11.7. The first-order valence-corrected chi connectivity index (χ1v) is 15.9. The average Bonchev–Trinajstić information content (AvgIpc) is 3.31. The Hall–Kier alpha value is -2.71. The van der Waals surface area contributed by atoms with Crippen LogP contribution >= 0.6 is 11.6 Å². The predicted octanol–water partition coefficient (Wildman–Crippen LogP) is 3.20. The number of anilines is 1. The largest absolute Gasteiger partial charge is 0.390 e. The summed E-state index contributed by atoms with van der Waals surface area (Å²) in [7, 11) is -4.13. The number of amides is 2. The zero-order valence-electron chi connectivity index (χ0n) is 23.1. The van der Waals surface area contributed by atoms with Gasteiger partial charge in [0.2, 0.25) is 5.91 Å². The van der Waals surface area contributed by atoms with E-state index in [0.717, 1.165) is 6.07 Å². The van der Waals surface area contributed by atoms with Gasteiger partial charge < -0.3 is 26.0 Å². The van der Waals surface area contributed by atoms with Gasteiger partial charge in [-0.1, -0.05) is 18.5 Å². The number of benzene rings is 2. The molecule has 3 fully saturated rings. The zero-order chi connectivity index (χ0) is 31.4. The molecule has 4 unspecified atom stereocenters. The fraction of sp³-hybridized carbons (Fsp3) is 0.517. The first kappa shape index (κ1) is 31.7. The fourth-order valence-corrected chi connectivity index (χ4v) is 9.41. The lowest BCUT2D eigenvalue weighted by Gasteiger charge is -2.43. The van der Waals surface area contributed by atoms with Crippen molar-refractivity contribution in [2.75, 3.05) is 11.9 Å². The Balaban J connectivity index is 1.32. The first-order chi connectivity index (χ1) is 20.1. The van der Waals surface area contributed by atoms with Crippen molar-refractivity contribution in [1.82, 2.24) is 5.32 Å². The number of rotatable bonds is 7. The van der Waals surface area contributed by atoms with Crippen LogP contribution in [0.3, 0.4) is 0 Å². The molecule has 14 heteroatoms. The monoisotopic (exact) mass is 644 g/mol. The van der Waals surface area contributed by atoms with Crippen molar-refractivity contribution >= 4 is 38.9 Å². The third-order valence-electron chi connectivity index (χ3n) is 9.35. The number of aliphatic hydroxyl groups is 3. The molecular weight excluding hydrogens is 613 g/mol. The quantitative estimate of drug-likeness (QED) is 0.290. The molecule has 2 amide bonds. The molecule has 2 aromatic rings. The molecule has 0 saturated heterocycles. The van der Waals surface area contributed by atoms with Crippen molar-refractivity contribution in [1.29, 1.82) is 0 Å². The molecule has 5 N–H and O–H groups in total. The smallest absolute Gasteiger partial charge is 0.255 e. The third kappa shape index (κ3) is 5.89. The van der Waals surface area contributed by atoms with E-state index in [1.54, 1.807) is 0 Å². The molecule has 0 radical (unpaired) electrons. The molecule has 3 aliphatic carbocycles. The van der Waals surface area contributed by atoms with Gasteiger partial charge in [0.25, 0.3) is 5.91 Å². The number of aliphatic hydroxyl groups excluding tert-OH is 2. The van der Waals surface area contributed by atoms with Crippen LogP contribution in [0.5, 0.6) is 0 Å². The van der Waals surface area contributed by atoms with E-state index >= 15 is 0 Å². The summed E-state index contributed by atoms with van der Waals surface area (Å²) < 4.78 is 68.2.